The van der Waals surface area contributed by atoms with E-state index in [4.69, 9.17) is 21.4 Å². The maximum Gasteiger partial charge on any atom is 0.310 e. The van der Waals surface area contributed by atoms with Crippen LogP contribution in [-0.4, -0.2) is 28.5 Å². The number of rotatable bonds is 1. The van der Waals surface area contributed by atoms with Gasteiger partial charge in [0.15, 0.2) is 0 Å². The molecule has 14 heavy (non-hydrogen) atoms. The Labute approximate surface area is 85.2 Å². The number of hydrogen-bond donors (Lipinski definition) is 1. The minimum atomic E-state index is -0.912. The van der Waals surface area contributed by atoms with Crippen LogP contribution in [0.3, 0.4) is 0 Å². The van der Waals surface area contributed by atoms with Crippen LogP contribution in [0, 0.1) is 23.7 Å². The molecule has 0 aromatic rings. The molecule has 1 N–H and O–H groups in total. The van der Waals surface area contributed by atoms with Gasteiger partial charge in [-0.05, 0) is 12.3 Å². The number of hydrogen-bond acceptors (Lipinski definition) is 3. The van der Waals surface area contributed by atoms with Gasteiger partial charge in [0.05, 0.1) is 17.2 Å². The van der Waals surface area contributed by atoms with Crippen molar-refractivity contribution in [2.75, 3.05) is 0 Å². The lowest BCUT2D eigenvalue weighted by Crippen LogP contribution is -2.38. The minimum absolute atomic E-state index is 0.0519. The molecule has 1 aliphatic heterocycles. The third-order valence-corrected chi connectivity index (χ3v) is 4.38. The lowest BCUT2D eigenvalue weighted by Gasteiger charge is -2.24. The number of fused-ring (bicyclic) bond motifs is 1. The Hall–Kier alpha value is -0.770. The van der Waals surface area contributed by atoms with Crippen LogP contribution in [0.2, 0.25) is 0 Å². The topological polar surface area (TPSA) is 63.6 Å². The van der Waals surface area contributed by atoms with Gasteiger partial charge < -0.3 is 9.84 Å². The Morgan fingerprint density at radius 3 is 2.86 bits per heavy atom. The number of aliphatic carboxylic acids is 1. The lowest BCUT2D eigenvalue weighted by molar-refractivity contribution is -0.151. The summed E-state index contributed by atoms with van der Waals surface area (Å²) in [6.45, 7) is 0. The summed E-state index contributed by atoms with van der Waals surface area (Å²) in [7, 11) is 0. The number of carboxylic acid groups (broad SMARTS) is 1. The van der Waals surface area contributed by atoms with Crippen molar-refractivity contribution in [2.45, 2.75) is 17.9 Å². The lowest BCUT2D eigenvalue weighted by atomic mass is 9.80. The number of esters is 1. The van der Waals surface area contributed by atoms with Crippen LogP contribution in [-0.2, 0) is 14.3 Å². The first-order valence-electron chi connectivity index (χ1n) is 4.68. The van der Waals surface area contributed by atoms with Crippen LogP contribution in [0.15, 0.2) is 0 Å². The quantitative estimate of drug-likeness (QED) is 0.512. The zero-order valence-corrected chi connectivity index (χ0v) is 7.98. The largest absolute Gasteiger partial charge is 0.481 e. The first-order chi connectivity index (χ1) is 6.61. The van der Waals surface area contributed by atoms with Gasteiger partial charge in [-0.3, -0.25) is 9.59 Å². The van der Waals surface area contributed by atoms with Crippen molar-refractivity contribution in [1.29, 1.82) is 0 Å². The zero-order chi connectivity index (χ0) is 10.0. The van der Waals surface area contributed by atoms with Gasteiger partial charge >= 0.3 is 11.9 Å². The molecule has 2 aliphatic carbocycles. The molecule has 2 bridgehead atoms. The summed E-state index contributed by atoms with van der Waals surface area (Å²) in [5, 5.41) is 8.72. The molecular formula is C9H9ClO4. The van der Waals surface area contributed by atoms with Gasteiger partial charge in [-0.1, -0.05) is 0 Å². The van der Waals surface area contributed by atoms with Gasteiger partial charge in [0.2, 0.25) is 0 Å². The van der Waals surface area contributed by atoms with E-state index in [0.29, 0.717) is 0 Å². The highest BCUT2D eigenvalue weighted by Gasteiger charge is 2.68. The second kappa shape index (κ2) is 2.42. The van der Waals surface area contributed by atoms with Crippen LogP contribution in [0.5, 0.6) is 0 Å². The van der Waals surface area contributed by atoms with E-state index in [9.17, 15) is 9.59 Å². The number of ether oxygens (including phenoxy) is 1. The Kier molecular flexibility index (Phi) is 1.48. The molecular weight excluding hydrogens is 208 g/mol. The van der Waals surface area contributed by atoms with Gasteiger partial charge in [-0.15, -0.1) is 11.6 Å². The summed E-state index contributed by atoms with van der Waals surface area (Å²) in [5.74, 6) is -2.36. The van der Waals surface area contributed by atoms with E-state index in [1.165, 1.54) is 0 Å². The van der Waals surface area contributed by atoms with Crippen molar-refractivity contribution < 1.29 is 19.4 Å². The van der Waals surface area contributed by atoms with Gasteiger partial charge in [0.25, 0.3) is 0 Å². The Morgan fingerprint density at radius 1 is 1.50 bits per heavy atom. The molecule has 1 saturated heterocycles. The maximum atomic E-state index is 11.4. The SMILES string of the molecule is O=C(O)[C@@H]1[C@H]2C[C@H]3[C@@H](OC(=O)[C@H]31)[C@H]2Cl. The third-order valence-electron chi connectivity index (χ3n) is 3.81. The fourth-order valence-electron chi connectivity index (χ4n) is 3.31. The summed E-state index contributed by atoms with van der Waals surface area (Å²) in [6, 6.07) is 0. The second-order valence-corrected chi connectivity index (χ2v) is 4.80. The normalized spacial score (nSPS) is 53.6. The molecule has 0 radical (unpaired) electrons. The van der Waals surface area contributed by atoms with Gasteiger partial charge in [-0.2, -0.15) is 0 Å². The van der Waals surface area contributed by atoms with Crippen molar-refractivity contribution in [1.82, 2.24) is 0 Å². The highest BCUT2D eigenvalue weighted by atomic mass is 35.5. The summed E-state index contributed by atoms with van der Waals surface area (Å²) >= 11 is 6.07. The first kappa shape index (κ1) is 8.53. The fraction of sp³-hybridized carbons (Fsp3) is 0.778. The monoisotopic (exact) mass is 216 g/mol. The number of carbonyl (C=O) groups excluding carboxylic acids is 1. The van der Waals surface area contributed by atoms with E-state index in [1.807, 2.05) is 0 Å². The number of halogens is 1. The molecule has 0 aromatic heterocycles. The van der Waals surface area contributed by atoms with E-state index in [0.717, 1.165) is 6.42 Å². The highest BCUT2D eigenvalue weighted by Crippen LogP contribution is 2.59. The molecule has 4 nitrogen and oxygen atoms in total. The average Bonchev–Trinajstić information content (AvgIpc) is 2.67. The van der Waals surface area contributed by atoms with Crippen molar-refractivity contribution in [3.8, 4) is 0 Å². The molecule has 5 heteroatoms. The van der Waals surface area contributed by atoms with E-state index in [2.05, 4.69) is 0 Å². The van der Waals surface area contributed by atoms with E-state index >= 15 is 0 Å². The van der Waals surface area contributed by atoms with Crippen molar-refractivity contribution >= 4 is 23.5 Å². The maximum absolute atomic E-state index is 11.4. The average molecular weight is 217 g/mol. The van der Waals surface area contributed by atoms with E-state index in [-0.39, 0.29) is 29.3 Å². The predicted octanol–water partition coefficient (Wildman–Crippen LogP) is 0.486. The summed E-state index contributed by atoms with van der Waals surface area (Å²) < 4.78 is 5.10. The van der Waals surface area contributed by atoms with Crippen molar-refractivity contribution in [3.63, 3.8) is 0 Å². The third kappa shape index (κ3) is 0.764. The highest BCUT2D eigenvalue weighted by molar-refractivity contribution is 6.22. The van der Waals surface area contributed by atoms with Crippen LogP contribution in [0.1, 0.15) is 6.42 Å². The molecule has 0 aromatic carbocycles. The zero-order valence-electron chi connectivity index (χ0n) is 7.22. The van der Waals surface area contributed by atoms with E-state index < -0.39 is 17.8 Å². The fourth-order valence-corrected chi connectivity index (χ4v) is 3.81. The number of carboxylic acids is 1. The Balaban J connectivity index is 2.04. The van der Waals surface area contributed by atoms with E-state index in [1.54, 1.807) is 0 Å². The molecule has 3 rings (SSSR count). The molecule has 1 heterocycles. The van der Waals surface area contributed by atoms with Crippen LogP contribution >= 0.6 is 11.6 Å². The van der Waals surface area contributed by atoms with Gasteiger partial charge in [-0.25, -0.2) is 0 Å². The molecule has 0 unspecified atom stereocenters. The Bertz CT molecular complexity index is 329. The second-order valence-electron chi connectivity index (χ2n) is 4.30. The van der Waals surface area contributed by atoms with Gasteiger partial charge in [0.1, 0.15) is 6.10 Å². The molecule has 6 atom stereocenters. The molecule has 2 saturated carbocycles. The number of carbonyl (C=O) groups is 2. The van der Waals surface area contributed by atoms with Crippen molar-refractivity contribution in [2.24, 2.45) is 23.7 Å². The van der Waals surface area contributed by atoms with Gasteiger partial charge in [0, 0.05) is 5.92 Å². The van der Waals surface area contributed by atoms with Crippen LogP contribution in [0.4, 0.5) is 0 Å². The summed E-state index contributed by atoms with van der Waals surface area (Å²) in [5.41, 5.74) is 0. The summed E-state index contributed by atoms with van der Waals surface area (Å²) in [6.07, 6.45) is 0.501. The smallest absolute Gasteiger partial charge is 0.310 e. The molecule has 3 fully saturated rings. The standard InChI is InChI=1S/C9H9ClO4/c10-6-2-1-3-5(4(2)8(11)12)9(13)14-7(3)6/h2-7H,1H2,(H,11,12)/t2-,3-,4-,5-,6+,7-/m1/s1. The number of alkyl halides is 1. The predicted molar refractivity (Wildman–Crippen MR) is 45.7 cm³/mol. The van der Waals surface area contributed by atoms with Crippen LogP contribution in [0.25, 0.3) is 0 Å². The Morgan fingerprint density at radius 2 is 2.21 bits per heavy atom. The first-order valence-corrected chi connectivity index (χ1v) is 5.12. The van der Waals surface area contributed by atoms with Crippen LogP contribution < -0.4 is 0 Å². The van der Waals surface area contributed by atoms with Crippen molar-refractivity contribution in [3.05, 3.63) is 0 Å². The summed E-state index contributed by atoms with van der Waals surface area (Å²) in [4.78, 5) is 22.4. The molecule has 0 spiro atoms. The molecule has 0 amide bonds. The molecule has 76 valence electrons. The molecule has 3 aliphatic rings. The minimum Gasteiger partial charge on any atom is -0.481 e.